The Morgan fingerprint density at radius 3 is 2.69 bits per heavy atom. The molecule has 0 saturated heterocycles. The standard InChI is InChI=1S/C27H26N6O3/c1-16-5-8-20(29-26(35)18-3-2-4-19(13-18)27(28)11-12-27)14-21(16)36-24-10-9-23-30-22(15-33(23)32-24)31-25(34)17-6-7-17/h2-5,8-10,13-15,17H,6-7,11-12,28H2,1H3,(H,29,35)(H,31,34). The number of nitrogens with one attached hydrogen (secondary N) is 2. The molecule has 0 bridgehead atoms. The molecule has 9 nitrogen and oxygen atoms in total. The van der Waals surface area contributed by atoms with Crippen LogP contribution in [0.5, 0.6) is 11.6 Å². The lowest BCUT2D eigenvalue weighted by atomic mass is 10.0. The van der Waals surface area contributed by atoms with Crippen molar-refractivity contribution in [3.63, 3.8) is 0 Å². The maximum absolute atomic E-state index is 12.9. The van der Waals surface area contributed by atoms with Gasteiger partial charge >= 0.3 is 0 Å². The smallest absolute Gasteiger partial charge is 0.255 e. The number of rotatable bonds is 7. The molecule has 4 N–H and O–H groups in total. The van der Waals surface area contributed by atoms with E-state index in [0.717, 1.165) is 36.8 Å². The van der Waals surface area contributed by atoms with Crippen molar-refractivity contribution in [3.05, 3.63) is 77.5 Å². The Morgan fingerprint density at radius 2 is 1.92 bits per heavy atom. The summed E-state index contributed by atoms with van der Waals surface area (Å²) in [6.07, 6.45) is 5.38. The highest BCUT2D eigenvalue weighted by atomic mass is 16.5. The molecule has 0 aliphatic heterocycles. The third-order valence-corrected chi connectivity index (χ3v) is 6.64. The number of amides is 2. The van der Waals surface area contributed by atoms with Crippen LogP contribution >= 0.6 is 0 Å². The number of nitrogens with zero attached hydrogens (tertiary/aromatic N) is 3. The number of anilines is 2. The molecule has 2 fully saturated rings. The molecule has 2 amide bonds. The number of hydrogen-bond donors (Lipinski definition) is 3. The molecule has 2 saturated carbocycles. The van der Waals surface area contributed by atoms with E-state index in [1.165, 1.54) is 0 Å². The fourth-order valence-corrected chi connectivity index (χ4v) is 4.05. The Bertz CT molecular complexity index is 1500. The van der Waals surface area contributed by atoms with Crippen molar-refractivity contribution in [1.82, 2.24) is 14.6 Å². The Kier molecular flexibility index (Phi) is 5.22. The maximum atomic E-state index is 12.9. The van der Waals surface area contributed by atoms with Gasteiger partial charge in [0.25, 0.3) is 5.91 Å². The van der Waals surface area contributed by atoms with Gasteiger partial charge in [-0.15, -0.1) is 5.10 Å². The molecule has 2 aliphatic rings. The van der Waals surface area contributed by atoms with Gasteiger partial charge < -0.3 is 21.1 Å². The zero-order valence-corrected chi connectivity index (χ0v) is 19.8. The van der Waals surface area contributed by atoms with E-state index in [2.05, 4.69) is 20.7 Å². The number of hydrogen-bond acceptors (Lipinski definition) is 6. The van der Waals surface area contributed by atoms with Crippen LogP contribution in [0.4, 0.5) is 11.5 Å². The first-order chi connectivity index (χ1) is 17.4. The molecule has 2 aromatic heterocycles. The first kappa shape index (κ1) is 22.2. The van der Waals surface area contributed by atoms with Gasteiger partial charge in [-0.25, -0.2) is 9.50 Å². The van der Waals surface area contributed by atoms with Crippen molar-refractivity contribution in [3.8, 4) is 11.6 Å². The molecule has 0 radical (unpaired) electrons. The summed E-state index contributed by atoms with van der Waals surface area (Å²) in [6, 6.07) is 16.4. The summed E-state index contributed by atoms with van der Waals surface area (Å²) < 4.78 is 7.61. The molecular formula is C27H26N6O3. The summed E-state index contributed by atoms with van der Waals surface area (Å²) in [5, 5.41) is 10.2. The quantitative estimate of drug-likeness (QED) is 0.359. The van der Waals surface area contributed by atoms with Gasteiger partial charge in [-0.05, 0) is 68.0 Å². The fraction of sp³-hybridized carbons (Fsp3) is 0.259. The number of aryl methyl sites for hydroxylation is 1. The van der Waals surface area contributed by atoms with Gasteiger partial charge in [-0.1, -0.05) is 18.2 Å². The lowest BCUT2D eigenvalue weighted by Gasteiger charge is -2.13. The maximum Gasteiger partial charge on any atom is 0.255 e. The minimum atomic E-state index is -0.298. The summed E-state index contributed by atoms with van der Waals surface area (Å²) in [7, 11) is 0. The molecule has 0 atom stereocenters. The molecule has 0 spiro atoms. The number of nitrogens with two attached hydrogens (primary N) is 1. The second-order valence-electron chi connectivity index (χ2n) is 9.64. The molecule has 4 aromatic rings. The average Bonchev–Trinajstić information content (AvgIpc) is 3.80. The molecule has 9 heteroatoms. The number of carbonyl (C=O) groups is 2. The van der Waals surface area contributed by atoms with Crippen molar-refractivity contribution < 1.29 is 14.3 Å². The molecule has 2 aromatic carbocycles. The minimum absolute atomic E-state index is 0.00818. The molecular weight excluding hydrogens is 456 g/mol. The van der Waals surface area contributed by atoms with Crippen LogP contribution in [0.3, 0.4) is 0 Å². The van der Waals surface area contributed by atoms with Gasteiger partial charge in [0.05, 0.1) is 6.20 Å². The van der Waals surface area contributed by atoms with E-state index in [9.17, 15) is 9.59 Å². The van der Waals surface area contributed by atoms with Crippen LogP contribution in [-0.2, 0) is 10.3 Å². The average molecular weight is 483 g/mol. The zero-order valence-electron chi connectivity index (χ0n) is 19.8. The molecule has 36 heavy (non-hydrogen) atoms. The van der Waals surface area contributed by atoms with E-state index in [1.54, 1.807) is 35.0 Å². The van der Waals surface area contributed by atoms with E-state index in [1.807, 2.05) is 37.3 Å². The summed E-state index contributed by atoms with van der Waals surface area (Å²) in [5.74, 6) is 1.26. The van der Waals surface area contributed by atoms with Gasteiger partial charge in [0.1, 0.15) is 5.75 Å². The van der Waals surface area contributed by atoms with E-state index in [-0.39, 0.29) is 23.3 Å². The van der Waals surface area contributed by atoms with Crippen molar-refractivity contribution in [2.24, 2.45) is 11.7 Å². The van der Waals surface area contributed by atoms with Gasteiger partial charge in [0.2, 0.25) is 11.8 Å². The Hall–Kier alpha value is -4.24. The number of benzene rings is 2. The monoisotopic (exact) mass is 482 g/mol. The summed E-state index contributed by atoms with van der Waals surface area (Å²) in [6.45, 7) is 1.92. The molecule has 182 valence electrons. The van der Waals surface area contributed by atoms with Crippen LogP contribution < -0.4 is 21.1 Å². The van der Waals surface area contributed by atoms with Crippen LogP contribution in [-0.4, -0.2) is 26.4 Å². The summed E-state index contributed by atoms with van der Waals surface area (Å²) >= 11 is 0. The van der Waals surface area contributed by atoms with Crippen LogP contribution in [0.15, 0.2) is 60.8 Å². The molecule has 2 heterocycles. The van der Waals surface area contributed by atoms with Gasteiger partial charge in [0, 0.05) is 34.8 Å². The highest BCUT2D eigenvalue weighted by Crippen LogP contribution is 2.42. The van der Waals surface area contributed by atoms with Gasteiger partial charge in [-0.2, -0.15) is 0 Å². The normalized spacial score (nSPS) is 15.9. The predicted octanol–water partition coefficient (Wildman–Crippen LogP) is 4.38. The van der Waals surface area contributed by atoms with E-state index < -0.39 is 0 Å². The second-order valence-corrected chi connectivity index (χ2v) is 9.64. The van der Waals surface area contributed by atoms with Crippen LogP contribution in [0.1, 0.15) is 47.2 Å². The lowest BCUT2D eigenvalue weighted by molar-refractivity contribution is -0.117. The summed E-state index contributed by atoms with van der Waals surface area (Å²) in [4.78, 5) is 29.3. The van der Waals surface area contributed by atoms with Crippen LogP contribution in [0.2, 0.25) is 0 Å². The SMILES string of the molecule is Cc1ccc(NC(=O)c2cccc(C3(N)CC3)c2)cc1Oc1ccc2nc(NC(=O)C3CC3)cn2n1. The predicted molar refractivity (Wildman–Crippen MR) is 135 cm³/mol. The number of carbonyl (C=O) groups excluding carboxylic acids is 2. The van der Waals surface area contributed by atoms with Crippen LogP contribution in [0, 0.1) is 12.8 Å². The number of aromatic nitrogens is 3. The van der Waals surface area contributed by atoms with Crippen molar-refractivity contribution in [2.45, 2.75) is 38.1 Å². The van der Waals surface area contributed by atoms with Crippen molar-refractivity contribution in [1.29, 1.82) is 0 Å². The first-order valence-corrected chi connectivity index (χ1v) is 12.0. The third-order valence-electron chi connectivity index (χ3n) is 6.64. The topological polar surface area (TPSA) is 124 Å². The number of ether oxygens (including phenoxy) is 1. The Morgan fingerprint density at radius 1 is 1.08 bits per heavy atom. The number of fused-ring (bicyclic) bond motifs is 1. The summed E-state index contributed by atoms with van der Waals surface area (Å²) in [5.41, 5.74) is 9.63. The van der Waals surface area contributed by atoms with Gasteiger partial charge in [0.15, 0.2) is 11.5 Å². The highest BCUT2D eigenvalue weighted by molar-refractivity contribution is 6.04. The van der Waals surface area contributed by atoms with Crippen molar-refractivity contribution in [2.75, 3.05) is 10.6 Å². The zero-order chi connectivity index (χ0) is 24.9. The van der Waals surface area contributed by atoms with E-state index >= 15 is 0 Å². The molecule has 6 rings (SSSR count). The first-order valence-electron chi connectivity index (χ1n) is 12.0. The van der Waals surface area contributed by atoms with Crippen molar-refractivity contribution >= 4 is 29.0 Å². The van der Waals surface area contributed by atoms with Crippen LogP contribution in [0.25, 0.3) is 5.65 Å². The highest BCUT2D eigenvalue weighted by Gasteiger charge is 2.40. The molecule has 0 unspecified atom stereocenters. The minimum Gasteiger partial charge on any atom is -0.437 e. The fourth-order valence-electron chi connectivity index (χ4n) is 4.05. The second kappa shape index (κ2) is 8.46. The van der Waals surface area contributed by atoms with Gasteiger partial charge in [-0.3, -0.25) is 9.59 Å². The molecule has 2 aliphatic carbocycles. The van der Waals surface area contributed by atoms with E-state index in [4.69, 9.17) is 10.5 Å². The third kappa shape index (κ3) is 4.52. The van der Waals surface area contributed by atoms with E-state index in [0.29, 0.717) is 34.3 Å². The lowest BCUT2D eigenvalue weighted by Crippen LogP contribution is -2.20. The largest absolute Gasteiger partial charge is 0.437 e. The Labute approximate surface area is 207 Å². The number of imidazole rings is 1. The Balaban J connectivity index is 1.18.